The molecule has 0 atom stereocenters. The standard InChI is InChI=1S/C14H20N2O4S/c1-11(2)10-20-9-8-15-21(18,19)14-6-4-13(5-7-14)16-12(3)17/h4-7,15H,1,8-10H2,2-3H3,(H,16,17). The molecule has 21 heavy (non-hydrogen) atoms. The molecule has 0 aliphatic rings. The molecule has 0 unspecified atom stereocenters. The number of ether oxygens (including phenoxy) is 1. The molecule has 1 rings (SSSR count). The normalized spacial score (nSPS) is 11.1. The fraction of sp³-hybridized carbons (Fsp3) is 0.357. The lowest BCUT2D eigenvalue weighted by atomic mass is 10.3. The largest absolute Gasteiger partial charge is 0.376 e. The number of nitrogens with one attached hydrogen (secondary N) is 2. The monoisotopic (exact) mass is 312 g/mol. The summed E-state index contributed by atoms with van der Waals surface area (Å²) in [6.45, 7) is 7.77. The lowest BCUT2D eigenvalue weighted by Gasteiger charge is -2.08. The maximum Gasteiger partial charge on any atom is 0.240 e. The van der Waals surface area contributed by atoms with Gasteiger partial charge in [-0.2, -0.15) is 0 Å². The average Bonchev–Trinajstić information content (AvgIpc) is 2.37. The van der Waals surface area contributed by atoms with Gasteiger partial charge in [-0.15, -0.1) is 0 Å². The third-order valence-electron chi connectivity index (χ3n) is 2.37. The molecule has 1 amide bonds. The predicted molar refractivity (Wildman–Crippen MR) is 81.6 cm³/mol. The summed E-state index contributed by atoms with van der Waals surface area (Å²) in [5.74, 6) is -0.210. The van der Waals surface area contributed by atoms with E-state index < -0.39 is 10.0 Å². The highest BCUT2D eigenvalue weighted by molar-refractivity contribution is 7.89. The number of rotatable bonds is 8. The first-order chi connectivity index (χ1) is 9.81. The smallest absolute Gasteiger partial charge is 0.240 e. The second kappa shape index (κ2) is 7.92. The molecule has 1 aromatic carbocycles. The summed E-state index contributed by atoms with van der Waals surface area (Å²) in [6.07, 6.45) is 0. The van der Waals surface area contributed by atoms with E-state index in [4.69, 9.17) is 4.74 Å². The molecule has 0 aromatic heterocycles. The molecule has 0 fully saturated rings. The van der Waals surface area contributed by atoms with Crippen molar-refractivity contribution in [3.05, 3.63) is 36.4 Å². The van der Waals surface area contributed by atoms with Gasteiger partial charge in [0.25, 0.3) is 0 Å². The summed E-state index contributed by atoms with van der Waals surface area (Å²) in [6, 6.07) is 5.94. The fourth-order valence-electron chi connectivity index (χ4n) is 1.50. The Morgan fingerprint density at radius 2 is 1.86 bits per heavy atom. The van der Waals surface area contributed by atoms with E-state index in [0.29, 0.717) is 12.3 Å². The molecule has 0 radical (unpaired) electrons. The molecule has 116 valence electrons. The van der Waals surface area contributed by atoms with Gasteiger partial charge in [0.15, 0.2) is 0 Å². The number of benzene rings is 1. The quantitative estimate of drug-likeness (QED) is 0.563. The highest BCUT2D eigenvalue weighted by Crippen LogP contribution is 2.13. The lowest BCUT2D eigenvalue weighted by molar-refractivity contribution is -0.114. The maximum atomic E-state index is 12.0. The molecule has 2 N–H and O–H groups in total. The van der Waals surface area contributed by atoms with Crippen molar-refractivity contribution in [1.82, 2.24) is 4.72 Å². The zero-order chi connectivity index (χ0) is 15.9. The molecule has 7 heteroatoms. The van der Waals surface area contributed by atoms with Crippen molar-refractivity contribution in [2.24, 2.45) is 0 Å². The summed E-state index contributed by atoms with van der Waals surface area (Å²) < 4.78 is 31.6. The van der Waals surface area contributed by atoms with E-state index in [2.05, 4.69) is 16.6 Å². The van der Waals surface area contributed by atoms with Crippen LogP contribution in [0.1, 0.15) is 13.8 Å². The molecular formula is C14H20N2O4S. The molecule has 0 aliphatic carbocycles. The molecule has 0 heterocycles. The SMILES string of the molecule is C=C(C)COCCNS(=O)(=O)c1ccc(NC(C)=O)cc1. The number of sulfonamides is 1. The minimum absolute atomic E-state index is 0.136. The minimum atomic E-state index is -3.57. The van der Waals surface area contributed by atoms with Crippen LogP contribution in [0.2, 0.25) is 0 Å². The Bertz CT molecular complexity index is 594. The Morgan fingerprint density at radius 1 is 1.24 bits per heavy atom. The van der Waals surface area contributed by atoms with E-state index in [-0.39, 0.29) is 24.0 Å². The van der Waals surface area contributed by atoms with Crippen LogP contribution < -0.4 is 10.0 Å². The van der Waals surface area contributed by atoms with Gasteiger partial charge in [-0.3, -0.25) is 4.79 Å². The number of carbonyl (C=O) groups excluding carboxylic acids is 1. The van der Waals surface area contributed by atoms with Crippen LogP contribution in [0.5, 0.6) is 0 Å². The number of hydrogen-bond acceptors (Lipinski definition) is 4. The second-order valence-electron chi connectivity index (χ2n) is 4.61. The third kappa shape index (κ3) is 6.52. The molecule has 0 bridgehead atoms. The van der Waals surface area contributed by atoms with Crippen LogP contribution >= 0.6 is 0 Å². The Balaban J connectivity index is 2.54. The summed E-state index contributed by atoms with van der Waals surface area (Å²) in [5, 5.41) is 2.57. The maximum absolute atomic E-state index is 12.0. The molecule has 1 aromatic rings. The van der Waals surface area contributed by atoms with Gasteiger partial charge in [-0.05, 0) is 31.2 Å². The van der Waals surface area contributed by atoms with Crippen LogP contribution in [0.15, 0.2) is 41.3 Å². The van der Waals surface area contributed by atoms with Gasteiger partial charge in [0.05, 0.1) is 18.1 Å². The first kappa shape index (κ1) is 17.4. The van der Waals surface area contributed by atoms with Crippen molar-refractivity contribution in [3.8, 4) is 0 Å². The van der Waals surface area contributed by atoms with Gasteiger partial charge >= 0.3 is 0 Å². The van der Waals surface area contributed by atoms with E-state index in [1.165, 1.54) is 31.2 Å². The Labute approximate surface area is 125 Å². The van der Waals surface area contributed by atoms with Crippen molar-refractivity contribution < 1.29 is 17.9 Å². The van der Waals surface area contributed by atoms with Gasteiger partial charge in [-0.1, -0.05) is 12.2 Å². The van der Waals surface area contributed by atoms with Gasteiger partial charge in [0.2, 0.25) is 15.9 Å². The van der Waals surface area contributed by atoms with Gasteiger partial charge in [0, 0.05) is 19.2 Å². The first-order valence-electron chi connectivity index (χ1n) is 6.41. The summed E-state index contributed by atoms with van der Waals surface area (Å²) >= 11 is 0. The molecule has 6 nitrogen and oxygen atoms in total. The summed E-state index contributed by atoms with van der Waals surface area (Å²) in [4.78, 5) is 11.0. The number of amides is 1. The van der Waals surface area contributed by atoms with E-state index in [1.807, 2.05) is 6.92 Å². The summed E-state index contributed by atoms with van der Waals surface area (Å²) in [7, 11) is -3.57. The van der Waals surface area contributed by atoms with Gasteiger partial charge in [-0.25, -0.2) is 13.1 Å². The van der Waals surface area contributed by atoms with Crippen molar-refractivity contribution >= 4 is 21.6 Å². The molecule has 0 spiro atoms. The Hall–Kier alpha value is -1.70. The molecular weight excluding hydrogens is 292 g/mol. The molecule has 0 aliphatic heterocycles. The van der Waals surface area contributed by atoms with Crippen molar-refractivity contribution in [1.29, 1.82) is 0 Å². The van der Waals surface area contributed by atoms with Gasteiger partial charge in [0.1, 0.15) is 0 Å². The second-order valence-corrected chi connectivity index (χ2v) is 6.38. The highest BCUT2D eigenvalue weighted by Gasteiger charge is 2.13. The predicted octanol–water partition coefficient (Wildman–Crippen LogP) is 1.52. The lowest BCUT2D eigenvalue weighted by Crippen LogP contribution is -2.27. The first-order valence-corrected chi connectivity index (χ1v) is 7.89. The van der Waals surface area contributed by atoms with E-state index >= 15 is 0 Å². The van der Waals surface area contributed by atoms with Crippen LogP contribution in [-0.4, -0.2) is 34.1 Å². The average molecular weight is 312 g/mol. The van der Waals surface area contributed by atoms with Crippen LogP contribution in [0, 0.1) is 0 Å². The van der Waals surface area contributed by atoms with Crippen LogP contribution in [0.3, 0.4) is 0 Å². The van der Waals surface area contributed by atoms with E-state index in [9.17, 15) is 13.2 Å². The van der Waals surface area contributed by atoms with Crippen LogP contribution in [-0.2, 0) is 19.6 Å². The number of carbonyl (C=O) groups is 1. The third-order valence-corrected chi connectivity index (χ3v) is 3.85. The molecule has 0 saturated carbocycles. The zero-order valence-electron chi connectivity index (χ0n) is 12.2. The van der Waals surface area contributed by atoms with E-state index in [0.717, 1.165) is 5.57 Å². The highest BCUT2D eigenvalue weighted by atomic mass is 32.2. The molecule has 0 saturated heterocycles. The summed E-state index contributed by atoms with van der Waals surface area (Å²) in [5.41, 5.74) is 1.43. The number of hydrogen-bond donors (Lipinski definition) is 2. The van der Waals surface area contributed by atoms with Crippen LogP contribution in [0.25, 0.3) is 0 Å². The number of anilines is 1. The van der Waals surface area contributed by atoms with Crippen molar-refractivity contribution in [3.63, 3.8) is 0 Å². The Morgan fingerprint density at radius 3 is 2.38 bits per heavy atom. The van der Waals surface area contributed by atoms with E-state index in [1.54, 1.807) is 0 Å². The van der Waals surface area contributed by atoms with Gasteiger partial charge < -0.3 is 10.1 Å². The fourth-order valence-corrected chi connectivity index (χ4v) is 2.51. The Kier molecular flexibility index (Phi) is 6.54. The van der Waals surface area contributed by atoms with Crippen molar-refractivity contribution in [2.45, 2.75) is 18.7 Å². The van der Waals surface area contributed by atoms with Crippen molar-refractivity contribution in [2.75, 3.05) is 25.1 Å². The zero-order valence-corrected chi connectivity index (χ0v) is 13.0. The minimum Gasteiger partial charge on any atom is -0.376 e. The topological polar surface area (TPSA) is 84.5 Å². The van der Waals surface area contributed by atoms with Crippen LogP contribution in [0.4, 0.5) is 5.69 Å².